The van der Waals surface area contributed by atoms with Gasteiger partial charge in [0.05, 0.1) is 15.7 Å². The Balaban J connectivity index is 2.83. The summed E-state index contributed by atoms with van der Waals surface area (Å²) in [4.78, 5) is 4.25. The minimum Gasteiger partial charge on any atom is -0.323 e. The lowest BCUT2D eigenvalue weighted by atomic mass is 10.1. The third kappa shape index (κ3) is 1.81. The maximum atomic E-state index is 6.10. The summed E-state index contributed by atoms with van der Waals surface area (Å²) in [6.07, 6.45) is 1.70. The van der Waals surface area contributed by atoms with Gasteiger partial charge in [0.2, 0.25) is 0 Å². The molecule has 0 bridgehead atoms. The van der Waals surface area contributed by atoms with Gasteiger partial charge in [-0.2, -0.15) is 0 Å². The van der Waals surface area contributed by atoms with E-state index >= 15 is 0 Å². The average Bonchev–Trinajstić information content (AvgIpc) is 2.23. The zero-order valence-corrected chi connectivity index (χ0v) is 9.68. The van der Waals surface area contributed by atoms with E-state index in [4.69, 9.17) is 28.9 Å². The Morgan fingerprint density at radius 1 is 1.20 bits per heavy atom. The number of nitrogens with zero attached hydrogens (tertiary/aromatic N) is 1. The molecule has 0 aliphatic carbocycles. The maximum Gasteiger partial charge on any atom is 0.0671 e. The molecule has 1 aromatic carbocycles. The van der Waals surface area contributed by atoms with Crippen molar-refractivity contribution in [3.05, 3.63) is 40.1 Å². The van der Waals surface area contributed by atoms with Crippen LogP contribution in [0, 0.1) is 0 Å². The fourth-order valence-corrected chi connectivity index (χ4v) is 1.97. The Morgan fingerprint density at radius 2 is 1.93 bits per heavy atom. The Labute approximate surface area is 98.0 Å². The van der Waals surface area contributed by atoms with Crippen LogP contribution in [0.4, 0.5) is 0 Å². The zero-order chi connectivity index (χ0) is 11.0. The normalized spacial score (nSPS) is 13.1. The lowest BCUT2D eigenvalue weighted by Crippen LogP contribution is -2.07. The van der Waals surface area contributed by atoms with Crippen molar-refractivity contribution < 1.29 is 0 Å². The molecule has 2 rings (SSSR count). The largest absolute Gasteiger partial charge is 0.323 e. The quantitative estimate of drug-likeness (QED) is 0.828. The van der Waals surface area contributed by atoms with Crippen LogP contribution >= 0.6 is 23.2 Å². The number of halogens is 2. The van der Waals surface area contributed by atoms with Crippen LogP contribution < -0.4 is 5.73 Å². The van der Waals surface area contributed by atoms with Gasteiger partial charge >= 0.3 is 0 Å². The molecule has 0 spiro atoms. The van der Waals surface area contributed by atoms with Crippen molar-refractivity contribution in [3.8, 4) is 0 Å². The first kappa shape index (κ1) is 10.7. The standard InChI is InChI=1S/C11H10Cl2N2/c1-6(14)11-8-2-3-9(12)10(13)7(8)4-5-15-11/h2-6H,14H2,1H3. The van der Waals surface area contributed by atoms with Gasteiger partial charge in [0.25, 0.3) is 0 Å². The molecule has 0 amide bonds. The number of hydrogen-bond acceptors (Lipinski definition) is 2. The van der Waals surface area contributed by atoms with E-state index in [2.05, 4.69) is 4.98 Å². The Hall–Kier alpha value is -0.830. The number of pyridine rings is 1. The molecule has 0 fully saturated rings. The van der Waals surface area contributed by atoms with E-state index in [1.54, 1.807) is 12.3 Å². The zero-order valence-electron chi connectivity index (χ0n) is 8.17. The topological polar surface area (TPSA) is 38.9 Å². The van der Waals surface area contributed by atoms with Crippen LogP contribution in [0.1, 0.15) is 18.7 Å². The molecule has 2 nitrogen and oxygen atoms in total. The molecule has 78 valence electrons. The smallest absolute Gasteiger partial charge is 0.0671 e. The van der Waals surface area contributed by atoms with Crippen molar-refractivity contribution in [2.24, 2.45) is 5.73 Å². The molecule has 0 saturated heterocycles. The van der Waals surface area contributed by atoms with Crippen LogP contribution in [0.25, 0.3) is 10.8 Å². The number of benzene rings is 1. The lowest BCUT2D eigenvalue weighted by Gasteiger charge is -2.10. The predicted molar refractivity (Wildman–Crippen MR) is 64.4 cm³/mol. The Kier molecular flexibility index (Phi) is 2.83. The second-order valence-corrected chi connectivity index (χ2v) is 4.23. The van der Waals surface area contributed by atoms with E-state index in [1.807, 2.05) is 19.1 Å². The molecule has 4 heteroatoms. The first-order valence-electron chi connectivity index (χ1n) is 4.59. The molecule has 2 aromatic rings. The second-order valence-electron chi connectivity index (χ2n) is 3.44. The fraction of sp³-hybridized carbons (Fsp3) is 0.182. The summed E-state index contributed by atoms with van der Waals surface area (Å²) in [7, 11) is 0. The summed E-state index contributed by atoms with van der Waals surface area (Å²) in [5, 5.41) is 2.96. The van der Waals surface area contributed by atoms with E-state index in [-0.39, 0.29) is 6.04 Å². The molecule has 0 radical (unpaired) electrons. The number of hydrogen-bond donors (Lipinski definition) is 1. The predicted octanol–water partition coefficient (Wildman–Crippen LogP) is 3.56. The molecular weight excluding hydrogens is 231 g/mol. The molecule has 1 unspecified atom stereocenters. The maximum absolute atomic E-state index is 6.10. The van der Waals surface area contributed by atoms with Crippen LogP contribution in [0.3, 0.4) is 0 Å². The molecule has 1 atom stereocenters. The number of nitrogens with two attached hydrogens (primary N) is 1. The lowest BCUT2D eigenvalue weighted by molar-refractivity contribution is 0.791. The van der Waals surface area contributed by atoms with Crippen molar-refractivity contribution in [3.63, 3.8) is 0 Å². The highest BCUT2D eigenvalue weighted by molar-refractivity contribution is 6.45. The second kappa shape index (κ2) is 3.97. The van der Waals surface area contributed by atoms with Gasteiger partial charge in [-0.3, -0.25) is 4.98 Å². The van der Waals surface area contributed by atoms with E-state index in [1.165, 1.54) is 0 Å². The summed E-state index contributed by atoms with van der Waals surface area (Å²) < 4.78 is 0. The monoisotopic (exact) mass is 240 g/mol. The van der Waals surface area contributed by atoms with Gasteiger partial charge in [0.1, 0.15) is 0 Å². The third-order valence-corrected chi connectivity index (χ3v) is 3.11. The van der Waals surface area contributed by atoms with Gasteiger partial charge in [0, 0.05) is 23.0 Å². The van der Waals surface area contributed by atoms with Crippen LogP contribution in [0.2, 0.25) is 10.0 Å². The molecule has 2 N–H and O–H groups in total. The van der Waals surface area contributed by atoms with Gasteiger partial charge in [-0.05, 0) is 19.1 Å². The van der Waals surface area contributed by atoms with Crippen molar-refractivity contribution in [1.82, 2.24) is 4.98 Å². The number of fused-ring (bicyclic) bond motifs is 1. The van der Waals surface area contributed by atoms with Crippen LogP contribution in [0.5, 0.6) is 0 Å². The summed E-state index contributed by atoms with van der Waals surface area (Å²) in [5.41, 5.74) is 6.67. The number of rotatable bonds is 1. The summed E-state index contributed by atoms with van der Waals surface area (Å²) in [5.74, 6) is 0. The SMILES string of the molecule is CC(N)c1nccc2c(Cl)c(Cl)ccc12. The highest BCUT2D eigenvalue weighted by Gasteiger charge is 2.10. The van der Waals surface area contributed by atoms with E-state index in [0.717, 1.165) is 16.5 Å². The molecule has 15 heavy (non-hydrogen) atoms. The minimum absolute atomic E-state index is 0.119. The third-order valence-electron chi connectivity index (χ3n) is 2.29. The summed E-state index contributed by atoms with van der Waals surface area (Å²) in [6, 6.07) is 5.38. The first-order valence-corrected chi connectivity index (χ1v) is 5.35. The highest BCUT2D eigenvalue weighted by Crippen LogP contribution is 2.32. The summed E-state index contributed by atoms with van der Waals surface area (Å²) >= 11 is 12.0. The van der Waals surface area contributed by atoms with Crippen molar-refractivity contribution >= 4 is 34.0 Å². The molecule has 1 aromatic heterocycles. The van der Waals surface area contributed by atoms with Gasteiger partial charge in [-0.25, -0.2) is 0 Å². The highest BCUT2D eigenvalue weighted by atomic mass is 35.5. The number of aromatic nitrogens is 1. The van der Waals surface area contributed by atoms with Crippen molar-refractivity contribution in [2.45, 2.75) is 13.0 Å². The first-order chi connectivity index (χ1) is 7.11. The molecule has 0 aliphatic rings. The van der Waals surface area contributed by atoms with Gasteiger partial charge in [-0.15, -0.1) is 0 Å². The van der Waals surface area contributed by atoms with E-state index in [9.17, 15) is 0 Å². The van der Waals surface area contributed by atoms with Crippen LogP contribution in [0.15, 0.2) is 24.4 Å². The molecule has 0 saturated carbocycles. The van der Waals surface area contributed by atoms with Crippen LogP contribution in [-0.2, 0) is 0 Å². The van der Waals surface area contributed by atoms with Crippen molar-refractivity contribution in [1.29, 1.82) is 0 Å². The Bertz CT molecular complexity index is 509. The Morgan fingerprint density at radius 3 is 2.60 bits per heavy atom. The molecular formula is C11H10Cl2N2. The molecule has 0 aliphatic heterocycles. The minimum atomic E-state index is -0.119. The van der Waals surface area contributed by atoms with E-state index < -0.39 is 0 Å². The van der Waals surface area contributed by atoms with Crippen LogP contribution in [-0.4, -0.2) is 4.98 Å². The summed E-state index contributed by atoms with van der Waals surface area (Å²) in [6.45, 7) is 1.89. The van der Waals surface area contributed by atoms with Gasteiger partial charge < -0.3 is 5.73 Å². The van der Waals surface area contributed by atoms with Gasteiger partial charge in [-0.1, -0.05) is 29.3 Å². The molecule has 1 heterocycles. The van der Waals surface area contributed by atoms with E-state index in [0.29, 0.717) is 10.0 Å². The fourth-order valence-electron chi connectivity index (χ4n) is 1.58. The van der Waals surface area contributed by atoms with Gasteiger partial charge in [0.15, 0.2) is 0 Å². The average molecular weight is 241 g/mol. The van der Waals surface area contributed by atoms with Crippen molar-refractivity contribution in [2.75, 3.05) is 0 Å².